The fraction of sp³-hybridized carbons (Fsp3) is 0.423. The summed E-state index contributed by atoms with van der Waals surface area (Å²) in [6, 6.07) is 10.3. The van der Waals surface area contributed by atoms with E-state index in [9.17, 15) is 14.4 Å². The summed E-state index contributed by atoms with van der Waals surface area (Å²) < 4.78 is 13.3. The van der Waals surface area contributed by atoms with E-state index in [2.05, 4.69) is 6.92 Å². The lowest BCUT2D eigenvalue weighted by Crippen LogP contribution is -2.47. The molecule has 1 aromatic heterocycles. The molecule has 35 heavy (non-hydrogen) atoms. The second-order valence-electron chi connectivity index (χ2n) is 8.72. The number of piperidine rings is 1. The van der Waals surface area contributed by atoms with Gasteiger partial charge >= 0.3 is 5.69 Å². The molecule has 1 fully saturated rings. The SMILES string of the molecule is CCC1CCCCN1C(=O)Cn1c(=O)n(Cc2ccccc2Cl)c(=O)c2cc(OC)c(OC)cc21. The molecular weight excluding hydrogens is 470 g/mol. The average molecular weight is 500 g/mol. The normalized spacial score (nSPS) is 15.9. The molecule has 0 bridgehead atoms. The molecule has 3 aromatic rings. The van der Waals surface area contributed by atoms with Crippen molar-refractivity contribution >= 4 is 28.4 Å². The number of halogens is 1. The van der Waals surface area contributed by atoms with Gasteiger partial charge < -0.3 is 14.4 Å². The summed E-state index contributed by atoms with van der Waals surface area (Å²) in [6.07, 6.45) is 3.84. The zero-order valence-corrected chi connectivity index (χ0v) is 21.0. The van der Waals surface area contributed by atoms with Crippen molar-refractivity contribution in [1.29, 1.82) is 0 Å². The fourth-order valence-electron chi connectivity index (χ4n) is 4.81. The number of methoxy groups -OCH3 is 2. The third kappa shape index (κ3) is 4.80. The third-order valence-electron chi connectivity index (χ3n) is 6.73. The third-order valence-corrected chi connectivity index (χ3v) is 7.10. The number of fused-ring (bicyclic) bond motifs is 1. The number of hydrogen-bond donors (Lipinski definition) is 0. The standard InChI is InChI=1S/C26H30ClN3O5/c1-4-18-10-7-8-12-28(18)24(31)16-29-21-14-23(35-3)22(34-2)13-19(21)25(32)30(26(29)33)15-17-9-5-6-11-20(17)27/h5-6,9,11,13-14,18H,4,7-8,10,12,15-16H2,1-3H3. The Hall–Kier alpha value is -3.26. The molecule has 186 valence electrons. The van der Waals surface area contributed by atoms with Crippen LogP contribution >= 0.6 is 11.6 Å². The van der Waals surface area contributed by atoms with E-state index in [4.69, 9.17) is 21.1 Å². The van der Waals surface area contributed by atoms with Gasteiger partial charge in [-0.05, 0) is 43.4 Å². The Bertz CT molecular complexity index is 1360. The van der Waals surface area contributed by atoms with Gasteiger partial charge in [-0.1, -0.05) is 36.7 Å². The molecule has 4 rings (SSSR count). The first-order valence-electron chi connectivity index (χ1n) is 11.8. The van der Waals surface area contributed by atoms with Gasteiger partial charge in [0.05, 0.1) is 31.7 Å². The molecular formula is C26H30ClN3O5. The zero-order valence-electron chi connectivity index (χ0n) is 20.3. The van der Waals surface area contributed by atoms with E-state index in [1.807, 2.05) is 4.90 Å². The van der Waals surface area contributed by atoms with Crippen LogP contribution in [-0.2, 0) is 17.9 Å². The predicted octanol–water partition coefficient (Wildman–Crippen LogP) is 3.67. The summed E-state index contributed by atoms with van der Waals surface area (Å²) in [7, 11) is 2.96. The molecule has 1 aliphatic heterocycles. The first-order valence-corrected chi connectivity index (χ1v) is 12.2. The van der Waals surface area contributed by atoms with E-state index in [0.29, 0.717) is 34.1 Å². The number of benzene rings is 2. The lowest BCUT2D eigenvalue weighted by molar-refractivity contribution is -0.135. The molecule has 0 spiro atoms. The monoisotopic (exact) mass is 499 g/mol. The van der Waals surface area contributed by atoms with Gasteiger partial charge in [0.15, 0.2) is 11.5 Å². The van der Waals surface area contributed by atoms with E-state index in [1.54, 1.807) is 36.4 Å². The van der Waals surface area contributed by atoms with Crippen molar-refractivity contribution in [2.75, 3.05) is 20.8 Å². The highest BCUT2D eigenvalue weighted by molar-refractivity contribution is 6.31. The Morgan fingerprint density at radius 3 is 2.46 bits per heavy atom. The van der Waals surface area contributed by atoms with Crippen LogP contribution in [0.15, 0.2) is 46.0 Å². The molecule has 1 saturated heterocycles. The molecule has 1 amide bonds. The van der Waals surface area contributed by atoms with Crippen LogP contribution in [0.2, 0.25) is 5.02 Å². The summed E-state index contributed by atoms with van der Waals surface area (Å²) in [5.41, 5.74) is -0.105. The highest BCUT2D eigenvalue weighted by atomic mass is 35.5. The van der Waals surface area contributed by atoms with Crippen LogP contribution in [0.4, 0.5) is 0 Å². The van der Waals surface area contributed by atoms with Gasteiger partial charge in [-0.3, -0.25) is 18.7 Å². The molecule has 8 nitrogen and oxygen atoms in total. The van der Waals surface area contributed by atoms with Crippen LogP contribution < -0.4 is 20.7 Å². The Labute approximate surface area is 208 Å². The van der Waals surface area contributed by atoms with Crippen LogP contribution in [-0.4, -0.2) is 46.7 Å². The van der Waals surface area contributed by atoms with E-state index in [0.717, 1.165) is 30.3 Å². The maximum absolute atomic E-state index is 13.7. The molecule has 9 heteroatoms. The van der Waals surface area contributed by atoms with Crippen molar-refractivity contribution < 1.29 is 14.3 Å². The molecule has 0 N–H and O–H groups in total. The topological polar surface area (TPSA) is 82.8 Å². The van der Waals surface area contributed by atoms with Gasteiger partial charge in [0.1, 0.15) is 6.54 Å². The van der Waals surface area contributed by atoms with Gasteiger partial charge in [-0.25, -0.2) is 4.79 Å². The minimum atomic E-state index is -0.576. The van der Waals surface area contributed by atoms with Gasteiger partial charge in [0.25, 0.3) is 5.56 Å². The number of carbonyl (C=O) groups is 1. The van der Waals surface area contributed by atoms with Gasteiger partial charge in [-0.2, -0.15) is 0 Å². The average Bonchev–Trinajstić information content (AvgIpc) is 2.89. The number of carbonyl (C=O) groups excluding carboxylic acids is 1. The second kappa shape index (κ2) is 10.6. The molecule has 1 atom stereocenters. The molecule has 0 aliphatic carbocycles. The number of amides is 1. The lowest BCUT2D eigenvalue weighted by atomic mass is 10.00. The largest absolute Gasteiger partial charge is 0.493 e. The highest BCUT2D eigenvalue weighted by Gasteiger charge is 2.27. The van der Waals surface area contributed by atoms with Crippen molar-refractivity contribution in [2.24, 2.45) is 0 Å². The van der Waals surface area contributed by atoms with E-state index in [1.165, 1.54) is 18.8 Å². The predicted molar refractivity (Wildman–Crippen MR) is 136 cm³/mol. The van der Waals surface area contributed by atoms with E-state index in [-0.39, 0.29) is 30.4 Å². The quantitative estimate of drug-likeness (QED) is 0.495. The summed E-state index contributed by atoms with van der Waals surface area (Å²) in [5.74, 6) is 0.589. The van der Waals surface area contributed by atoms with Gasteiger partial charge in [0, 0.05) is 23.7 Å². The molecule has 0 saturated carbocycles. The van der Waals surface area contributed by atoms with Gasteiger partial charge in [0.2, 0.25) is 5.91 Å². The van der Waals surface area contributed by atoms with Crippen molar-refractivity contribution in [2.45, 2.75) is 51.7 Å². The van der Waals surface area contributed by atoms with Crippen LogP contribution in [0.25, 0.3) is 10.9 Å². The van der Waals surface area contributed by atoms with Gasteiger partial charge in [-0.15, -0.1) is 0 Å². The number of likely N-dealkylation sites (tertiary alicyclic amines) is 1. The minimum Gasteiger partial charge on any atom is -0.493 e. The molecule has 1 aliphatic rings. The Morgan fingerprint density at radius 1 is 1.06 bits per heavy atom. The number of aromatic nitrogens is 2. The van der Waals surface area contributed by atoms with Crippen LogP contribution in [0.5, 0.6) is 11.5 Å². The summed E-state index contributed by atoms with van der Waals surface area (Å²) in [6.45, 7) is 2.54. The molecule has 2 heterocycles. The Morgan fingerprint density at radius 2 is 1.77 bits per heavy atom. The minimum absolute atomic E-state index is 0.0168. The maximum atomic E-state index is 13.7. The Kier molecular flexibility index (Phi) is 7.50. The summed E-state index contributed by atoms with van der Waals surface area (Å²) in [4.78, 5) is 42.5. The maximum Gasteiger partial charge on any atom is 0.332 e. The first-order chi connectivity index (χ1) is 16.9. The molecule has 2 aromatic carbocycles. The lowest BCUT2D eigenvalue weighted by Gasteiger charge is -2.35. The van der Waals surface area contributed by atoms with E-state index < -0.39 is 11.2 Å². The first kappa shape index (κ1) is 24.9. The zero-order chi connectivity index (χ0) is 25.1. The van der Waals surface area contributed by atoms with Crippen molar-refractivity contribution in [1.82, 2.24) is 14.0 Å². The number of ether oxygens (including phenoxy) is 2. The number of rotatable bonds is 7. The van der Waals surface area contributed by atoms with Crippen LogP contribution in [0.3, 0.4) is 0 Å². The summed E-state index contributed by atoms with van der Waals surface area (Å²) >= 11 is 6.32. The van der Waals surface area contributed by atoms with E-state index >= 15 is 0 Å². The van der Waals surface area contributed by atoms with Crippen LogP contribution in [0.1, 0.15) is 38.2 Å². The number of hydrogen-bond acceptors (Lipinski definition) is 5. The number of nitrogens with zero attached hydrogens (tertiary/aromatic N) is 3. The van der Waals surface area contributed by atoms with Crippen molar-refractivity contribution in [3.05, 3.63) is 67.8 Å². The van der Waals surface area contributed by atoms with Crippen molar-refractivity contribution in [3.8, 4) is 11.5 Å². The smallest absolute Gasteiger partial charge is 0.332 e. The molecule has 1 unspecified atom stereocenters. The fourth-order valence-corrected chi connectivity index (χ4v) is 5.01. The van der Waals surface area contributed by atoms with Crippen molar-refractivity contribution in [3.63, 3.8) is 0 Å². The Balaban J connectivity index is 1.89. The highest BCUT2D eigenvalue weighted by Crippen LogP contribution is 2.31. The van der Waals surface area contributed by atoms with Crippen LogP contribution in [0, 0.1) is 0 Å². The summed E-state index contributed by atoms with van der Waals surface area (Å²) in [5, 5.41) is 0.709. The second-order valence-corrected chi connectivity index (χ2v) is 9.13. The molecule has 0 radical (unpaired) electrons.